The van der Waals surface area contributed by atoms with Crippen molar-refractivity contribution in [3.8, 4) is 11.4 Å². The van der Waals surface area contributed by atoms with Crippen molar-refractivity contribution in [3.05, 3.63) is 36.3 Å². The van der Waals surface area contributed by atoms with E-state index in [1.54, 1.807) is 12.4 Å². The fourth-order valence-corrected chi connectivity index (χ4v) is 2.85. The number of nitrogens with zero attached hydrogens (tertiary/aromatic N) is 4. The lowest BCUT2D eigenvalue weighted by molar-refractivity contribution is 0.413. The van der Waals surface area contributed by atoms with Crippen LogP contribution in [0.15, 0.2) is 30.6 Å². The lowest BCUT2D eigenvalue weighted by atomic mass is 9.97. The largest absolute Gasteiger partial charge is 0.356 e. The highest BCUT2D eigenvalue weighted by molar-refractivity contribution is 5.57. The summed E-state index contributed by atoms with van der Waals surface area (Å²) in [6.45, 7) is 4.97. The molecule has 116 valence electrons. The summed E-state index contributed by atoms with van der Waals surface area (Å²) in [5.41, 5.74) is 7.88. The van der Waals surface area contributed by atoms with Crippen molar-refractivity contribution in [2.75, 3.05) is 24.5 Å². The van der Waals surface area contributed by atoms with Gasteiger partial charge in [0, 0.05) is 42.8 Å². The summed E-state index contributed by atoms with van der Waals surface area (Å²) in [5.74, 6) is 2.48. The van der Waals surface area contributed by atoms with Crippen LogP contribution in [0.1, 0.15) is 25.5 Å². The van der Waals surface area contributed by atoms with Crippen LogP contribution in [0.4, 0.5) is 5.82 Å². The maximum atomic E-state index is 5.78. The van der Waals surface area contributed by atoms with Crippen molar-refractivity contribution in [2.45, 2.75) is 26.2 Å². The van der Waals surface area contributed by atoms with E-state index in [2.05, 4.69) is 27.9 Å². The molecule has 0 spiro atoms. The number of hydrogen-bond donors (Lipinski definition) is 1. The third-order valence-corrected chi connectivity index (χ3v) is 4.34. The molecule has 0 atom stereocenters. The minimum atomic E-state index is 0.656. The van der Waals surface area contributed by atoms with Crippen LogP contribution in [-0.4, -0.2) is 34.6 Å². The van der Waals surface area contributed by atoms with Crippen molar-refractivity contribution in [2.24, 2.45) is 11.7 Å². The van der Waals surface area contributed by atoms with E-state index in [1.165, 1.54) is 0 Å². The Hall–Kier alpha value is -2.01. The van der Waals surface area contributed by atoms with Crippen LogP contribution in [0.25, 0.3) is 11.4 Å². The third kappa shape index (κ3) is 3.25. The number of pyridine rings is 1. The van der Waals surface area contributed by atoms with Crippen molar-refractivity contribution in [1.29, 1.82) is 0 Å². The lowest BCUT2D eigenvalue weighted by Gasteiger charge is -2.32. The van der Waals surface area contributed by atoms with E-state index in [9.17, 15) is 0 Å². The number of rotatable bonds is 4. The Morgan fingerprint density at radius 3 is 2.55 bits per heavy atom. The molecule has 0 amide bonds. The molecule has 0 aliphatic carbocycles. The van der Waals surface area contributed by atoms with Gasteiger partial charge in [-0.05, 0) is 43.9 Å². The average Bonchev–Trinajstić information content (AvgIpc) is 2.62. The van der Waals surface area contributed by atoms with Gasteiger partial charge in [0.1, 0.15) is 5.82 Å². The van der Waals surface area contributed by atoms with E-state index in [-0.39, 0.29) is 0 Å². The normalized spacial score (nSPS) is 16.0. The summed E-state index contributed by atoms with van der Waals surface area (Å²) in [6.07, 6.45) is 6.76. The molecule has 0 radical (unpaired) electrons. The molecular weight excluding hydrogens is 274 g/mol. The van der Waals surface area contributed by atoms with Crippen LogP contribution in [-0.2, 0) is 6.42 Å². The molecule has 2 N–H and O–H groups in total. The van der Waals surface area contributed by atoms with E-state index < -0.39 is 0 Å². The molecule has 3 heterocycles. The Labute approximate surface area is 131 Å². The molecule has 1 saturated heterocycles. The summed E-state index contributed by atoms with van der Waals surface area (Å²) in [5, 5.41) is 0. The lowest BCUT2D eigenvalue weighted by Crippen LogP contribution is -2.36. The molecule has 1 aliphatic rings. The van der Waals surface area contributed by atoms with E-state index in [0.717, 1.165) is 61.8 Å². The monoisotopic (exact) mass is 297 g/mol. The number of aromatic nitrogens is 3. The first-order valence-electron chi connectivity index (χ1n) is 8.03. The fraction of sp³-hybridized carbons (Fsp3) is 0.471. The third-order valence-electron chi connectivity index (χ3n) is 4.34. The minimum absolute atomic E-state index is 0.656. The van der Waals surface area contributed by atoms with Gasteiger partial charge in [0.05, 0.1) is 0 Å². The summed E-state index contributed by atoms with van der Waals surface area (Å²) >= 11 is 0. The standard InChI is InChI=1S/C17H23N5/c1-2-15-11-16(22-9-5-13(12-18)6-10-22)21-17(20-15)14-3-7-19-8-4-14/h3-4,7-8,11,13H,2,5-6,9-10,12,18H2,1H3. The molecule has 0 bridgehead atoms. The number of anilines is 1. The van der Waals surface area contributed by atoms with Crippen molar-refractivity contribution in [3.63, 3.8) is 0 Å². The molecule has 0 unspecified atom stereocenters. The predicted octanol–water partition coefficient (Wildman–Crippen LogP) is 2.28. The van der Waals surface area contributed by atoms with Crippen LogP contribution in [0.3, 0.4) is 0 Å². The van der Waals surface area contributed by atoms with Crippen LogP contribution in [0.5, 0.6) is 0 Å². The molecule has 2 aromatic rings. The van der Waals surface area contributed by atoms with E-state index in [1.807, 2.05) is 12.1 Å². The summed E-state index contributed by atoms with van der Waals surface area (Å²) < 4.78 is 0. The molecule has 5 heteroatoms. The Morgan fingerprint density at radius 1 is 1.18 bits per heavy atom. The van der Waals surface area contributed by atoms with E-state index >= 15 is 0 Å². The van der Waals surface area contributed by atoms with Crippen molar-refractivity contribution < 1.29 is 0 Å². The first-order chi connectivity index (χ1) is 10.8. The maximum absolute atomic E-state index is 5.78. The highest BCUT2D eigenvalue weighted by Crippen LogP contribution is 2.24. The Kier molecular flexibility index (Phi) is 4.63. The van der Waals surface area contributed by atoms with Gasteiger partial charge in [-0.2, -0.15) is 0 Å². The number of aryl methyl sites for hydroxylation is 1. The Balaban J connectivity index is 1.88. The molecule has 1 aliphatic heterocycles. The van der Waals surface area contributed by atoms with E-state index in [4.69, 9.17) is 10.7 Å². The van der Waals surface area contributed by atoms with Gasteiger partial charge in [0.25, 0.3) is 0 Å². The molecule has 5 nitrogen and oxygen atoms in total. The van der Waals surface area contributed by atoms with Gasteiger partial charge < -0.3 is 10.6 Å². The first kappa shape index (κ1) is 14.9. The Bertz CT molecular complexity index is 606. The zero-order valence-corrected chi connectivity index (χ0v) is 13.1. The zero-order chi connectivity index (χ0) is 15.4. The van der Waals surface area contributed by atoms with Crippen molar-refractivity contribution >= 4 is 5.82 Å². The van der Waals surface area contributed by atoms with Crippen LogP contribution < -0.4 is 10.6 Å². The van der Waals surface area contributed by atoms with Gasteiger partial charge in [-0.15, -0.1) is 0 Å². The van der Waals surface area contributed by atoms with Gasteiger partial charge in [-0.1, -0.05) is 6.92 Å². The van der Waals surface area contributed by atoms with Gasteiger partial charge in [0.2, 0.25) is 0 Å². The van der Waals surface area contributed by atoms with Crippen LogP contribution >= 0.6 is 0 Å². The van der Waals surface area contributed by atoms with Gasteiger partial charge in [0.15, 0.2) is 5.82 Å². The molecule has 2 aromatic heterocycles. The fourth-order valence-electron chi connectivity index (χ4n) is 2.85. The summed E-state index contributed by atoms with van der Waals surface area (Å²) in [4.78, 5) is 15.9. The van der Waals surface area contributed by atoms with Crippen LogP contribution in [0, 0.1) is 5.92 Å². The highest BCUT2D eigenvalue weighted by Gasteiger charge is 2.20. The smallest absolute Gasteiger partial charge is 0.161 e. The van der Waals surface area contributed by atoms with Crippen LogP contribution in [0.2, 0.25) is 0 Å². The summed E-state index contributed by atoms with van der Waals surface area (Å²) in [6, 6.07) is 6.03. The predicted molar refractivity (Wildman–Crippen MR) is 88.6 cm³/mol. The van der Waals surface area contributed by atoms with E-state index in [0.29, 0.717) is 5.92 Å². The SMILES string of the molecule is CCc1cc(N2CCC(CN)CC2)nc(-c2ccncc2)n1. The van der Waals surface area contributed by atoms with Crippen molar-refractivity contribution in [1.82, 2.24) is 15.0 Å². The quantitative estimate of drug-likeness (QED) is 0.937. The first-order valence-corrected chi connectivity index (χ1v) is 8.03. The molecule has 1 fully saturated rings. The second kappa shape index (κ2) is 6.83. The maximum Gasteiger partial charge on any atom is 0.161 e. The number of piperidine rings is 1. The zero-order valence-electron chi connectivity index (χ0n) is 13.1. The number of hydrogen-bond acceptors (Lipinski definition) is 5. The second-order valence-corrected chi connectivity index (χ2v) is 5.80. The molecule has 0 saturated carbocycles. The van der Waals surface area contributed by atoms with Gasteiger partial charge in [-0.25, -0.2) is 9.97 Å². The Morgan fingerprint density at radius 2 is 1.91 bits per heavy atom. The topological polar surface area (TPSA) is 67.9 Å². The second-order valence-electron chi connectivity index (χ2n) is 5.80. The van der Waals surface area contributed by atoms with Gasteiger partial charge in [-0.3, -0.25) is 4.98 Å². The molecule has 3 rings (SSSR count). The number of nitrogens with two attached hydrogens (primary N) is 1. The average molecular weight is 297 g/mol. The molecular formula is C17H23N5. The highest BCUT2D eigenvalue weighted by atomic mass is 15.2. The minimum Gasteiger partial charge on any atom is -0.356 e. The van der Waals surface area contributed by atoms with Gasteiger partial charge >= 0.3 is 0 Å². The molecule has 22 heavy (non-hydrogen) atoms. The summed E-state index contributed by atoms with van der Waals surface area (Å²) in [7, 11) is 0. The molecule has 0 aromatic carbocycles.